The van der Waals surface area contributed by atoms with Crippen molar-refractivity contribution in [2.45, 2.75) is 6.92 Å². The Kier molecular flexibility index (Phi) is 7.16. The average Bonchev–Trinajstić information content (AvgIpc) is 3.16. The van der Waals surface area contributed by atoms with E-state index in [0.717, 1.165) is 11.3 Å². The minimum absolute atomic E-state index is 0.111. The second kappa shape index (κ2) is 10.0. The van der Waals surface area contributed by atoms with E-state index in [1.54, 1.807) is 36.6 Å². The van der Waals surface area contributed by atoms with Gasteiger partial charge in [-0.2, -0.15) is 0 Å². The highest BCUT2D eigenvalue weighted by atomic mass is 35.5. The van der Waals surface area contributed by atoms with Crippen molar-refractivity contribution in [1.29, 1.82) is 0 Å². The normalized spacial score (nSPS) is 10.4. The molecule has 0 unspecified atom stereocenters. The average molecular weight is 461 g/mol. The van der Waals surface area contributed by atoms with E-state index in [1.807, 2.05) is 0 Å². The van der Waals surface area contributed by atoms with Crippen molar-refractivity contribution in [2.24, 2.45) is 0 Å². The summed E-state index contributed by atoms with van der Waals surface area (Å²) in [5, 5.41) is 4.95. The van der Waals surface area contributed by atoms with Crippen LogP contribution in [0, 0.1) is 0 Å². The van der Waals surface area contributed by atoms with Gasteiger partial charge in [0, 0.05) is 33.9 Å². The lowest BCUT2D eigenvalue weighted by Crippen LogP contribution is -2.22. The van der Waals surface area contributed by atoms with Crippen LogP contribution in [0.25, 0.3) is 11.1 Å². The molecule has 0 radical (unpaired) electrons. The summed E-state index contributed by atoms with van der Waals surface area (Å²) in [5.41, 5.74) is 6.68. The number of aromatic nitrogens is 2. The fourth-order valence-electron chi connectivity index (χ4n) is 2.60. The number of halogens is 1. The molecule has 0 saturated carbocycles. The zero-order chi connectivity index (χ0) is 22.4. The third-order valence-corrected chi connectivity index (χ3v) is 5.17. The number of benzene rings is 1. The van der Waals surface area contributed by atoms with E-state index in [-0.39, 0.29) is 28.7 Å². The number of carbonyl (C=O) groups is 3. The van der Waals surface area contributed by atoms with Gasteiger partial charge in [-0.15, -0.1) is 11.3 Å². The van der Waals surface area contributed by atoms with Crippen molar-refractivity contribution in [2.75, 3.05) is 24.3 Å². The van der Waals surface area contributed by atoms with Crippen LogP contribution in [-0.4, -0.2) is 41.0 Å². The van der Waals surface area contributed by atoms with E-state index in [2.05, 4.69) is 15.3 Å². The first kappa shape index (κ1) is 22.2. The van der Waals surface area contributed by atoms with Crippen LogP contribution in [-0.2, 0) is 14.3 Å². The largest absolute Gasteiger partial charge is 0.462 e. The van der Waals surface area contributed by atoms with Gasteiger partial charge in [0.1, 0.15) is 10.6 Å². The molecule has 3 N–H and O–H groups in total. The maximum Gasteiger partial charge on any atom is 0.361 e. The fraction of sp³-hybridized carbons (Fsp3) is 0.150. The van der Waals surface area contributed by atoms with Crippen LogP contribution in [0.4, 0.5) is 10.8 Å². The monoisotopic (exact) mass is 460 g/mol. The Morgan fingerprint density at radius 1 is 1.10 bits per heavy atom. The number of hydrogen-bond acceptors (Lipinski definition) is 9. The lowest BCUT2D eigenvalue weighted by atomic mass is 10.0. The van der Waals surface area contributed by atoms with Gasteiger partial charge >= 0.3 is 11.9 Å². The number of carbonyl (C=O) groups excluding carboxylic acids is 3. The molecule has 0 saturated heterocycles. The highest BCUT2D eigenvalue weighted by molar-refractivity contribution is 7.15. The second-order valence-corrected chi connectivity index (χ2v) is 7.26. The number of nitrogens with zero attached hydrogens (tertiary/aromatic N) is 2. The molecule has 1 amide bonds. The van der Waals surface area contributed by atoms with E-state index in [1.165, 1.54) is 12.4 Å². The number of rotatable bonds is 7. The van der Waals surface area contributed by atoms with Crippen LogP contribution in [0.5, 0.6) is 0 Å². The van der Waals surface area contributed by atoms with Gasteiger partial charge in [0.05, 0.1) is 6.61 Å². The molecule has 9 nitrogen and oxygen atoms in total. The van der Waals surface area contributed by atoms with Crippen molar-refractivity contribution < 1.29 is 23.9 Å². The van der Waals surface area contributed by atoms with Gasteiger partial charge < -0.3 is 20.5 Å². The molecule has 0 aliphatic rings. The lowest BCUT2D eigenvalue weighted by molar-refractivity contribution is -0.119. The summed E-state index contributed by atoms with van der Waals surface area (Å²) in [4.78, 5) is 44.5. The highest BCUT2D eigenvalue weighted by Crippen LogP contribution is 2.39. The van der Waals surface area contributed by atoms with E-state index < -0.39 is 24.5 Å². The predicted molar refractivity (Wildman–Crippen MR) is 116 cm³/mol. The van der Waals surface area contributed by atoms with Crippen LogP contribution < -0.4 is 11.1 Å². The molecule has 0 aliphatic heterocycles. The Morgan fingerprint density at radius 3 is 2.55 bits per heavy atom. The van der Waals surface area contributed by atoms with Crippen LogP contribution in [0.15, 0.2) is 42.0 Å². The zero-order valence-corrected chi connectivity index (χ0v) is 17.8. The molecule has 2 heterocycles. The molecule has 1 aromatic carbocycles. The summed E-state index contributed by atoms with van der Waals surface area (Å²) >= 11 is 7.39. The molecule has 0 aliphatic carbocycles. The van der Waals surface area contributed by atoms with Crippen molar-refractivity contribution in [1.82, 2.24) is 9.97 Å². The van der Waals surface area contributed by atoms with E-state index in [4.69, 9.17) is 26.8 Å². The Balaban J connectivity index is 1.78. The molecule has 31 heavy (non-hydrogen) atoms. The maximum atomic E-state index is 12.6. The first-order chi connectivity index (χ1) is 14.9. The predicted octanol–water partition coefficient (Wildman–Crippen LogP) is 3.41. The Hall–Kier alpha value is -3.50. The molecule has 2 aromatic heterocycles. The van der Waals surface area contributed by atoms with Gasteiger partial charge in [-0.3, -0.25) is 4.79 Å². The Morgan fingerprint density at radius 2 is 1.84 bits per heavy atom. The topological polar surface area (TPSA) is 134 Å². The molecule has 0 fully saturated rings. The molecular formula is C20H17ClN4O5S. The number of amides is 1. The number of thiophene rings is 1. The number of hydrogen-bond donors (Lipinski definition) is 2. The molecular weight excluding hydrogens is 444 g/mol. The molecule has 160 valence electrons. The summed E-state index contributed by atoms with van der Waals surface area (Å²) in [6, 6.07) is 7.00. The smallest absolute Gasteiger partial charge is 0.361 e. The van der Waals surface area contributed by atoms with Crippen LogP contribution >= 0.6 is 22.9 Å². The van der Waals surface area contributed by atoms with Crippen molar-refractivity contribution in [3.05, 3.63) is 58.3 Å². The third kappa shape index (κ3) is 5.16. The van der Waals surface area contributed by atoms with Gasteiger partial charge in [0.2, 0.25) is 0 Å². The van der Waals surface area contributed by atoms with Crippen LogP contribution in [0.1, 0.15) is 27.8 Å². The van der Waals surface area contributed by atoms with Crippen LogP contribution in [0.2, 0.25) is 5.02 Å². The Bertz CT molecular complexity index is 1130. The van der Waals surface area contributed by atoms with E-state index in [0.29, 0.717) is 16.1 Å². The molecule has 0 atom stereocenters. The number of nitrogen functional groups attached to an aromatic ring is 1. The molecule has 0 bridgehead atoms. The second-order valence-electron chi connectivity index (χ2n) is 5.97. The van der Waals surface area contributed by atoms with Crippen molar-refractivity contribution in [3.63, 3.8) is 0 Å². The first-order valence-electron chi connectivity index (χ1n) is 8.99. The van der Waals surface area contributed by atoms with Crippen molar-refractivity contribution >= 4 is 51.6 Å². The number of ether oxygens (including phenoxy) is 2. The number of anilines is 2. The number of nitrogens with two attached hydrogens (primary N) is 1. The molecule has 0 spiro atoms. The number of nitrogens with one attached hydrogen (secondary N) is 1. The van der Waals surface area contributed by atoms with Crippen LogP contribution in [0.3, 0.4) is 0 Å². The summed E-state index contributed by atoms with van der Waals surface area (Å²) in [7, 11) is 0. The minimum Gasteiger partial charge on any atom is -0.462 e. The quantitative estimate of drug-likeness (QED) is 0.512. The van der Waals surface area contributed by atoms with Gasteiger partial charge in [0.25, 0.3) is 5.91 Å². The van der Waals surface area contributed by atoms with Gasteiger partial charge in [0.15, 0.2) is 18.1 Å². The molecule has 11 heteroatoms. The zero-order valence-electron chi connectivity index (χ0n) is 16.3. The summed E-state index contributed by atoms with van der Waals surface area (Å²) in [5.74, 6) is -2.28. The maximum absolute atomic E-state index is 12.6. The van der Waals surface area contributed by atoms with E-state index >= 15 is 0 Å². The highest BCUT2D eigenvalue weighted by Gasteiger charge is 2.24. The third-order valence-electron chi connectivity index (χ3n) is 3.94. The first-order valence-corrected chi connectivity index (χ1v) is 10.2. The standard InChI is InChI=1S/C20H17ClN4O5S/c1-2-29-19(27)15-12(11-5-3-4-6-13(11)21)10-31-18(15)25-14(26)9-30-20(28)16-17(22)24-8-7-23-16/h3-8,10H,2,9H2,1H3,(H2,22,24)(H,25,26). The van der Waals surface area contributed by atoms with Gasteiger partial charge in [-0.05, 0) is 13.0 Å². The number of esters is 2. The SMILES string of the molecule is CCOC(=O)c1c(-c2ccccc2Cl)csc1NC(=O)COC(=O)c1nccnc1N. The summed E-state index contributed by atoms with van der Waals surface area (Å²) in [6.07, 6.45) is 2.60. The Labute approximate surface area is 186 Å². The molecule has 3 aromatic rings. The summed E-state index contributed by atoms with van der Waals surface area (Å²) < 4.78 is 10.1. The summed E-state index contributed by atoms with van der Waals surface area (Å²) in [6.45, 7) is 1.22. The fourth-order valence-corrected chi connectivity index (χ4v) is 3.80. The lowest BCUT2D eigenvalue weighted by Gasteiger charge is -2.10. The molecule has 3 rings (SSSR count). The van der Waals surface area contributed by atoms with Gasteiger partial charge in [-0.1, -0.05) is 29.8 Å². The minimum atomic E-state index is -0.894. The van der Waals surface area contributed by atoms with Crippen molar-refractivity contribution in [3.8, 4) is 11.1 Å². The van der Waals surface area contributed by atoms with Gasteiger partial charge in [-0.25, -0.2) is 19.6 Å². The van der Waals surface area contributed by atoms with E-state index in [9.17, 15) is 14.4 Å².